The lowest BCUT2D eigenvalue weighted by atomic mass is 9.55. The zero-order valence-corrected chi connectivity index (χ0v) is 14.5. The molecule has 1 spiro atoms. The smallest absolute Gasteiger partial charge is 0.0661 e. The van der Waals surface area contributed by atoms with Gasteiger partial charge in [0.05, 0.1) is 12.7 Å². The van der Waals surface area contributed by atoms with Crippen LogP contribution in [0.3, 0.4) is 0 Å². The van der Waals surface area contributed by atoms with Crippen molar-refractivity contribution >= 4 is 0 Å². The Hall–Kier alpha value is -0.120. The van der Waals surface area contributed by atoms with Crippen molar-refractivity contribution in [1.29, 1.82) is 0 Å². The van der Waals surface area contributed by atoms with Crippen LogP contribution in [0, 0.1) is 11.3 Å². The van der Waals surface area contributed by atoms with Crippen LogP contribution in [0.5, 0.6) is 0 Å². The molecule has 3 heteroatoms. The quantitative estimate of drug-likeness (QED) is 0.740. The van der Waals surface area contributed by atoms with Crippen molar-refractivity contribution in [2.45, 2.75) is 84.4 Å². The van der Waals surface area contributed by atoms with Crippen LogP contribution < -0.4 is 5.32 Å². The third kappa shape index (κ3) is 3.80. The molecule has 2 aliphatic rings. The summed E-state index contributed by atoms with van der Waals surface area (Å²) in [7, 11) is 0. The van der Waals surface area contributed by atoms with Crippen molar-refractivity contribution in [1.82, 2.24) is 5.32 Å². The molecule has 0 aromatic heterocycles. The van der Waals surface area contributed by atoms with Gasteiger partial charge in [0, 0.05) is 30.7 Å². The molecule has 124 valence electrons. The van der Waals surface area contributed by atoms with Gasteiger partial charge in [-0.2, -0.15) is 0 Å². The summed E-state index contributed by atoms with van der Waals surface area (Å²) >= 11 is 0. The highest BCUT2D eigenvalue weighted by Gasteiger charge is 2.55. The summed E-state index contributed by atoms with van der Waals surface area (Å²) in [5.74, 6) is 0.614. The molecule has 0 amide bonds. The van der Waals surface area contributed by atoms with Crippen molar-refractivity contribution in [3.05, 3.63) is 0 Å². The van der Waals surface area contributed by atoms with Crippen LogP contribution in [-0.2, 0) is 9.47 Å². The molecular weight excluding hydrogens is 262 g/mol. The van der Waals surface area contributed by atoms with Crippen LogP contribution in [0.25, 0.3) is 0 Å². The summed E-state index contributed by atoms with van der Waals surface area (Å²) in [6.45, 7) is 11.3. The minimum Gasteiger partial charge on any atom is -0.380 e. The first-order valence-corrected chi connectivity index (χ1v) is 9.09. The molecule has 3 atom stereocenters. The first-order valence-electron chi connectivity index (χ1n) is 9.09. The Bertz CT molecular complexity index is 300. The minimum atomic E-state index is 0.410. The van der Waals surface area contributed by atoms with E-state index in [9.17, 15) is 0 Å². The Labute approximate surface area is 131 Å². The van der Waals surface area contributed by atoms with E-state index in [1.165, 1.54) is 38.5 Å². The van der Waals surface area contributed by atoms with Gasteiger partial charge in [-0.05, 0) is 39.0 Å². The van der Waals surface area contributed by atoms with Crippen LogP contribution >= 0.6 is 0 Å². The average molecular weight is 297 g/mol. The average Bonchev–Trinajstić information content (AvgIpc) is 2.49. The van der Waals surface area contributed by atoms with Gasteiger partial charge in [0.15, 0.2) is 0 Å². The van der Waals surface area contributed by atoms with Gasteiger partial charge in [-0.25, -0.2) is 0 Å². The van der Waals surface area contributed by atoms with Gasteiger partial charge in [-0.1, -0.05) is 33.1 Å². The molecule has 3 nitrogen and oxygen atoms in total. The molecule has 2 fully saturated rings. The molecule has 0 aromatic carbocycles. The van der Waals surface area contributed by atoms with E-state index in [0.717, 1.165) is 19.8 Å². The molecule has 0 bridgehead atoms. The molecule has 0 heterocycles. The van der Waals surface area contributed by atoms with Crippen LogP contribution in [-0.4, -0.2) is 38.0 Å². The lowest BCUT2D eigenvalue weighted by Gasteiger charge is -2.59. The summed E-state index contributed by atoms with van der Waals surface area (Å²) in [4.78, 5) is 0. The fourth-order valence-electron chi connectivity index (χ4n) is 4.23. The van der Waals surface area contributed by atoms with Gasteiger partial charge in [0.1, 0.15) is 0 Å². The van der Waals surface area contributed by atoms with Crippen molar-refractivity contribution in [3.63, 3.8) is 0 Å². The Morgan fingerprint density at radius 3 is 2.38 bits per heavy atom. The molecular formula is C18H35NO2. The fourth-order valence-corrected chi connectivity index (χ4v) is 4.23. The van der Waals surface area contributed by atoms with E-state index >= 15 is 0 Å². The van der Waals surface area contributed by atoms with E-state index in [-0.39, 0.29) is 0 Å². The van der Waals surface area contributed by atoms with E-state index in [4.69, 9.17) is 9.47 Å². The highest BCUT2D eigenvalue weighted by molar-refractivity contribution is 5.09. The molecule has 0 saturated heterocycles. The molecule has 3 unspecified atom stereocenters. The Kier molecular flexibility index (Phi) is 6.51. The molecule has 2 saturated carbocycles. The number of rotatable bonds is 8. The van der Waals surface area contributed by atoms with Gasteiger partial charge in [0.2, 0.25) is 0 Å². The highest BCUT2D eigenvalue weighted by atomic mass is 16.5. The zero-order chi connectivity index (χ0) is 15.3. The summed E-state index contributed by atoms with van der Waals surface area (Å²) in [6.07, 6.45) is 8.51. The van der Waals surface area contributed by atoms with Gasteiger partial charge >= 0.3 is 0 Å². The number of hydrogen-bond acceptors (Lipinski definition) is 3. The predicted octanol–water partition coefficient (Wildman–Crippen LogP) is 3.77. The van der Waals surface area contributed by atoms with E-state index in [0.29, 0.717) is 29.5 Å². The molecule has 21 heavy (non-hydrogen) atoms. The van der Waals surface area contributed by atoms with Crippen molar-refractivity contribution < 1.29 is 9.47 Å². The van der Waals surface area contributed by atoms with Crippen molar-refractivity contribution in [2.75, 3.05) is 19.8 Å². The first kappa shape index (κ1) is 17.2. The molecule has 0 aliphatic heterocycles. The van der Waals surface area contributed by atoms with Gasteiger partial charge in [-0.15, -0.1) is 0 Å². The summed E-state index contributed by atoms with van der Waals surface area (Å²) in [6, 6.07) is 1.10. The van der Waals surface area contributed by atoms with Gasteiger partial charge in [0.25, 0.3) is 0 Å². The Morgan fingerprint density at radius 1 is 1.10 bits per heavy atom. The molecule has 2 rings (SSSR count). The number of hydrogen-bond donors (Lipinski definition) is 1. The van der Waals surface area contributed by atoms with Crippen molar-refractivity contribution in [3.8, 4) is 0 Å². The Morgan fingerprint density at radius 2 is 1.81 bits per heavy atom. The molecule has 0 aromatic rings. The lowest BCUT2D eigenvalue weighted by Crippen LogP contribution is -2.66. The maximum Gasteiger partial charge on any atom is 0.0661 e. The predicted molar refractivity (Wildman–Crippen MR) is 87.6 cm³/mol. The third-order valence-electron chi connectivity index (χ3n) is 5.66. The topological polar surface area (TPSA) is 30.5 Å². The third-order valence-corrected chi connectivity index (χ3v) is 5.66. The normalized spacial score (nSPS) is 29.6. The molecule has 1 N–H and O–H groups in total. The molecule has 2 aliphatic carbocycles. The lowest BCUT2D eigenvalue weighted by molar-refractivity contribution is -0.154. The van der Waals surface area contributed by atoms with E-state index in [2.05, 4.69) is 33.0 Å². The number of ether oxygens (including phenoxy) is 2. The van der Waals surface area contributed by atoms with Crippen molar-refractivity contribution in [2.24, 2.45) is 11.3 Å². The second-order valence-corrected chi connectivity index (χ2v) is 7.20. The number of nitrogens with one attached hydrogen (secondary N) is 1. The summed E-state index contributed by atoms with van der Waals surface area (Å²) in [5.41, 5.74) is 0.410. The monoisotopic (exact) mass is 297 g/mol. The first-order chi connectivity index (χ1) is 10.1. The summed E-state index contributed by atoms with van der Waals surface area (Å²) < 4.78 is 11.7. The highest BCUT2D eigenvalue weighted by Crippen LogP contribution is 2.53. The maximum atomic E-state index is 6.05. The maximum absolute atomic E-state index is 6.05. The second-order valence-electron chi connectivity index (χ2n) is 7.20. The Balaban J connectivity index is 1.97. The fraction of sp³-hybridized carbons (Fsp3) is 1.00. The minimum absolute atomic E-state index is 0.410. The standard InChI is InChI=1S/C18H35NO2/c1-5-20-13-15(14(3)4)19-16-12-17(21-6-2)18(16)10-8-7-9-11-18/h14-17,19H,5-13H2,1-4H3. The largest absolute Gasteiger partial charge is 0.380 e. The SMILES string of the molecule is CCOCC(NC1CC(OCC)C12CCCCC2)C(C)C. The van der Waals surface area contributed by atoms with Gasteiger partial charge < -0.3 is 14.8 Å². The molecule has 0 radical (unpaired) electrons. The van der Waals surface area contributed by atoms with E-state index in [1.807, 2.05) is 0 Å². The van der Waals surface area contributed by atoms with Gasteiger partial charge in [-0.3, -0.25) is 0 Å². The van der Waals surface area contributed by atoms with E-state index in [1.54, 1.807) is 0 Å². The van der Waals surface area contributed by atoms with Crippen LogP contribution in [0.1, 0.15) is 66.2 Å². The second kappa shape index (κ2) is 7.94. The summed E-state index contributed by atoms with van der Waals surface area (Å²) in [5, 5.41) is 3.93. The van der Waals surface area contributed by atoms with Crippen LogP contribution in [0.2, 0.25) is 0 Å². The van der Waals surface area contributed by atoms with Crippen LogP contribution in [0.15, 0.2) is 0 Å². The zero-order valence-electron chi connectivity index (χ0n) is 14.5. The van der Waals surface area contributed by atoms with E-state index < -0.39 is 0 Å². The van der Waals surface area contributed by atoms with Crippen LogP contribution in [0.4, 0.5) is 0 Å².